The molecule has 0 spiro atoms. The molecule has 1 rings (SSSR count). The van der Waals surface area contributed by atoms with E-state index in [1.807, 2.05) is 6.92 Å². The molecule has 0 radical (unpaired) electrons. The Bertz CT molecular complexity index is 584. The van der Waals surface area contributed by atoms with Gasteiger partial charge < -0.3 is 21.1 Å². The molecule has 10 heteroatoms. The lowest BCUT2D eigenvalue weighted by Crippen LogP contribution is -2.41. The number of nitrogens with one attached hydrogen (secondary N) is 3. The van der Waals surface area contributed by atoms with Crippen LogP contribution in [0.3, 0.4) is 0 Å². The maximum atomic E-state index is 12.0. The van der Waals surface area contributed by atoms with Crippen molar-refractivity contribution in [1.29, 1.82) is 0 Å². The van der Waals surface area contributed by atoms with Gasteiger partial charge >= 0.3 is 0 Å². The predicted molar refractivity (Wildman–Crippen MR) is 124 cm³/mol. The Morgan fingerprint density at radius 1 is 1.29 bits per heavy atom. The van der Waals surface area contributed by atoms with Gasteiger partial charge in [0, 0.05) is 38.7 Å². The van der Waals surface area contributed by atoms with Gasteiger partial charge in [-0.25, -0.2) is 8.42 Å². The lowest BCUT2D eigenvalue weighted by Gasteiger charge is -2.17. The third kappa shape index (κ3) is 12.1. The minimum Gasteiger partial charge on any atom is -0.396 e. The Kier molecular flexibility index (Phi) is 14.1. The highest BCUT2D eigenvalue weighted by Crippen LogP contribution is 2.15. The molecule has 28 heavy (non-hydrogen) atoms. The Morgan fingerprint density at radius 3 is 2.54 bits per heavy atom. The van der Waals surface area contributed by atoms with E-state index in [0.717, 1.165) is 12.8 Å². The standard InChI is InChI=1S/C18H36N4O4S.HI/c1-4-19-18(21-12-15(6-9-23)11-14(2)3)20-8-5-17(24)22-16-7-10-27(25,26)13-16;/h14-16,23H,4-13H2,1-3H3,(H,22,24)(H2,19,20,21);1H. The first-order valence-corrected chi connectivity index (χ1v) is 11.7. The van der Waals surface area contributed by atoms with Gasteiger partial charge in [-0.05, 0) is 38.0 Å². The second kappa shape index (κ2) is 14.4. The number of aliphatic hydroxyl groups excluding tert-OH is 1. The normalized spacial score (nSPS) is 19.8. The van der Waals surface area contributed by atoms with E-state index < -0.39 is 9.84 Å². The van der Waals surface area contributed by atoms with Crippen LogP contribution in [0.2, 0.25) is 0 Å². The molecule has 2 unspecified atom stereocenters. The lowest BCUT2D eigenvalue weighted by molar-refractivity contribution is -0.121. The molecule has 1 amide bonds. The molecular formula is C18H37IN4O4S. The van der Waals surface area contributed by atoms with E-state index in [0.29, 0.717) is 43.9 Å². The first-order valence-electron chi connectivity index (χ1n) is 9.88. The van der Waals surface area contributed by atoms with Crippen LogP contribution in [-0.2, 0) is 14.6 Å². The van der Waals surface area contributed by atoms with E-state index in [9.17, 15) is 18.3 Å². The molecule has 0 aromatic heterocycles. The van der Waals surface area contributed by atoms with E-state index in [-0.39, 0.29) is 60.5 Å². The number of rotatable bonds is 11. The van der Waals surface area contributed by atoms with Crippen LogP contribution >= 0.6 is 24.0 Å². The van der Waals surface area contributed by atoms with Crippen LogP contribution in [0, 0.1) is 11.8 Å². The minimum absolute atomic E-state index is 0. The van der Waals surface area contributed by atoms with Crippen LogP contribution in [0.25, 0.3) is 0 Å². The zero-order valence-corrected chi connectivity index (χ0v) is 20.4. The minimum atomic E-state index is -2.99. The first kappa shape index (κ1) is 27.4. The van der Waals surface area contributed by atoms with Gasteiger partial charge in [0.1, 0.15) is 0 Å². The van der Waals surface area contributed by atoms with E-state index in [1.165, 1.54) is 0 Å². The van der Waals surface area contributed by atoms with Crippen LogP contribution in [-0.4, -0.2) is 69.2 Å². The van der Waals surface area contributed by atoms with Crippen LogP contribution in [0.15, 0.2) is 4.99 Å². The maximum Gasteiger partial charge on any atom is 0.222 e. The molecule has 0 aromatic carbocycles. The number of aliphatic hydroxyl groups is 1. The molecule has 1 saturated heterocycles. The van der Waals surface area contributed by atoms with E-state index in [1.54, 1.807) is 0 Å². The topological polar surface area (TPSA) is 120 Å². The summed E-state index contributed by atoms with van der Waals surface area (Å²) in [6.07, 6.45) is 2.49. The fourth-order valence-corrected chi connectivity index (χ4v) is 4.87. The monoisotopic (exact) mass is 532 g/mol. The van der Waals surface area contributed by atoms with Crippen molar-refractivity contribution in [2.24, 2.45) is 16.8 Å². The van der Waals surface area contributed by atoms with Crippen molar-refractivity contribution >= 4 is 45.7 Å². The van der Waals surface area contributed by atoms with Gasteiger partial charge in [0.2, 0.25) is 5.91 Å². The molecule has 1 aliphatic heterocycles. The molecule has 8 nitrogen and oxygen atoms in total. The van der Waals surface area contributed by atoms with Crippen LogP contribution in [0.4, 0.5) is 0 Å². The van der Waals surface area contributed by atoms with Crippen LogP contribution in [0.5, 0.6) is 0 Å². The predicted octanol–water partition coefficient (Wildman–Crippen LogP) is 0.898. The van der Waals surface area contributed by atoms with Crippen molar-refractivity contribution in [3.63, 3.8) is 0 Å². The van der Waals surface area contributed by atoms with Crippen molar-refractivity contribution in [3.8, 4) is 0 Å². The number of nitrogens with zero attached hydrogens (tertiary/aromatic N) is 1. The molecule has 1 aliphatic rings. The molecule has 0 aliphatic carbocycles. The SMILES string of the molecule is CCNC(=NCC(CCO)CC(C)C)NCCC(=O)NC1CCS(=O)(=O)C1.I. The molecule has 2 atom stereocenters. The molecule has 0 aromatic rings. The molecule has 4 N–H and O–H groups in total. The van der Waals surface area contributed by atoms with Crippen molar-refractivity contribution in [1.82, 2.24) is 16.0 Å². The number of guanidine groups is 1. The Labute approximate surface area is 186 Å². The number of halogens is 1. The van der Waals surface area contributed by atoms with Crippen LogP contribution in [0.1, 0.15) is 46.5 Å². The maximum absolute atomic E-state index is 12.0. The number of aliphatic imine (C=N–C) groups is 1. The largest absolute Gasteiger partial charge is 0.396 e. The van der Waals surface area contributed by atoms with Crippen molar-refractivity contribution in [2.75, 3.05) is 37.7 Å². The summed E-state index contributed by atoms with van der Waals surface area (Å²) >= 11 is 0. The molecule has 0 saturated carbocycles. The summed E-state index contributed by atoms with van der Waals surface area (Å²) in [7, 11) is -2.99. The Hall–Kier alpha value is -0.620. The number of hydrogen-bond acceptors (Lipinski definition) is 5. The Balaban J connectivity index is 0.00000729. The average Bonchev–Trinajstić information content (AvgIpc) is 2.90. The summed E-state index contributed by atoms with van der Waals surface area (Å²) in [6.45, 7) is 8.22. The molecular weight excluding hydrogens is 495 g/mol. The summed E-state index contributed by atoms with van der Waals surface area (Å²) in [5.74, 6) is 1.57. The summed E-state index contributed by atoms with van der Waals surface area (Å²) in [6, 6.07) is -0.264. The van der Waals surface area contributed by atoms with E-state index >= 15 is 0 Å². The summed E-state index contributed by atoms with van der Waals surface area (Å²) in [4.78, 5) is 16.6. The second-order valence-electron chi connectivity index (χ2n) is 7.57. The smallest absolute Gasteiger partial charge is 0.222 e. The third-order valence-corrected chi connectivity index (χ3v) is 6.20. The Morgan fingerprint density at radius 2 is 2.00 bits per heavy atom. The summed E-state index contributed by atoms with van der Waals surface area (Å²) in [5, 5.41) is 18.3. The first-order chi connectivity index (χ1) is 12.8. The zero-order valence-electron chi connectivity index (χ0n) is 17.2. The van der Waals surface area contributed by atoms with E-state index in [4.69, 9.17) is 0 Å². The zero-order chi connectivity index (χ0) is 20.3. The van der Waals surface area contributed by atoms with Gasteiger partial charge in [-0.2, -0.15) is 0 Å². The van der Waals surface area contributed by atoms with Crippen LogP contribution < -0.4 is 16.0 Å². The molecule has 166 valence electrons. The number of hydrogen-bond donors (Lipinski definition) is 4. The fourth-order valence-electron chi connectivity index (χ4n) is 3.20. The van der Waals surface area contributed by atoms with Gasteiger partial charge in [-0.3, -0.25) is 9.79 Å². The van der Waals surface area contributed by atoms with Crippen molar-refractivity contribution in [3.05, 3.63) is 0 Å². The average molecular weight is 532 g/mol. The lowest BCUT2D eigenvalue weighted by atomic mass is 9.94. The van der Waals surface area contributed by atoms with Gasteiger partial charge in [-0.1, -0.05) is 13.8 Å². The van der Waals surface area contributed by atoms with Crippen molar-refractivity contribution in [2.45, 2.75) is 52.5 Å². The molecule has 0 bridgehead atoms. The highest BCUT2D eigenvalue weighted by molar-refractivity contribution is 14.0. The quantitative estimate of drug-likeness (QED) is 0.178. The number of carbonyl (C=O) groups is 1. The van der Waals surface area contributed by atoms with Gasteiger partial charge in [-0.15, -0.1) is 24.0 Å². The number of amides is 1. The van der Waals surface area contributed by atoms with Crippen molar-refractivity contribution < 1.29 is 18.3 Å². The van der Waals surface area contributed by atoms with E-state index in [2.05, 4.69) is 34.8 Å². The molecule has 1 fully saturated rings. The second-order valence-corrected chi connectivity index (χ2v) is 9.80. The number of sulfone groups is 1. The highest BCUT2D eigenvalue weighted by Gasteiger charge is 2.28. The van der Waals surface area contributed by atoms with Gasteiger partial charge in [0.25, 0.3) is 0 Å². The highest BCUT2D eigenvalue weighted by atomic mass is 127. The van der Waals surface area contributed by atoms with Gasteiger partial charge in [0.05, 0.1) is 11.5 Å². The summed E-state index contributed by atoms with van der Waals surface area (Å²) < 4.78 is 22.9. The van der Waals surface area contributed by atoms with Gasteiger partial charge in [0.15, 0.2) is 15.8 Å². The summed E-state index contributed by atoms with van der Waals surface area (Å²) in [5.41, 5.74) is 0. The molecule has 1 heterocycles. The fraction of sp³-hybridized carbons (Fsp3) is 0.889. The third-order valence-electron chi connectivity index (χ3n) is 4.44. The number of carbonyl (C=O) groups excluding carboxylic acids is 1.